The maximum Gasteiger partial charge on any atom is -0.0292 e. The molecule has 0 nitrogen and oxygen atoms in total. The molecule has 0 aromatic heterocycles. The molecule has 0 bridgehead atoms. The van der Waals surface area contributed by atoms with Crippen LogP contribution >= 0.6 is 0 Å². The third-order valence-corrected chi connectivity index (χ3v) is 6.28. The van der Waals surface area contributed by atoms with Gasteiger partial charge < -0.3 is 0 Å². The topological polar surface area (TPSA) is 0 Å². The lowest BCUT2D eigenvalue weighted by Crippen LogP contribution is -2.36. The van der Waals surface area contributed by atoms with Crippen molar-refractivity contribution in [2.24, 2.45) is 29.1 Å². The predicted molar refractivity (Wildman–Crippen MR) is 76.0 cm³/mol. The Hall–Kier alpha value is 0. The molecule has 2 fully saturated rings. The molecule has 4 atom stereocenters. The van der Waals surface area contributed by atoms with Gasteiger partial charge in [0.05, 0.1) is 0 Å². The van der Waals surface area contributed by atoms with Gasteiger partial charge in [-0.1, -0.05) is 66.2 Å². The summed E-state index contributed by atoms with van der Waals surface area (Å²) < 4.78 is 0. The number of hydrogen-bond donors (Lipinski definition) is 0. The average Bonchev–Trinajstić information content (AvgIpc) is 2.97. The van der Waals surface area contributed by atoms with E-state index < -0.39 is 0 Å². The summed E-state index contributed by atoms with van der Waals surface area (Å²) in [7, 11) is 0. The van der Waals surface area contributed by atoms with E-state index in [0.29, 0.717) is 5.41 Å². The Bertz CT molecular complexity index is 216. The maximum absolute atomic E-state index is 2.60. The highest BCUT2D eigenvalue weighted by atomic mass is 14.5. The van der Waals surface area contributed by atoms with Gasteiger partial charge in [-0.15, -0.1) is 0 Å². The van der Waals surface area contributed by atoms with E-state index in [1.165, 1.54) is 51.4 Å². The first-order valence-corrected chi connectivity index (χ1v) is 8.11. The SMILES string of the molecule is CC[C@@H]1CCC[C@H]1C(C)(C)[C@H]1CCC[C@H]1CC. The second-order valence-electron chi connectivity index (χ2n) is 7.23. The summed E-state index contributed by atoms with van der Waals surface area (Å²) in [5, 5.41) is 0. The van der Waals surface area contributed by atoms with E-state index in [1.54, 1.807) is 0 Å². The van der Waals surface area contributed by atoms with E-state index in [9.17, 15) is 0 Å². The van der Waals surface area contributed by atoms with Crippen LogP contribution in [0.1, 0.15) is 79.1 Å². The third-order valence-electron chi connectivity index (χ3n) is 6.28. The summed E-state index contributed by atoms with van der Waals surface area (Å²) in [6.45, 7) is 10.0. The molecule has 0 unspecified atom stereocenters. The molecule has 100 valence electrons. The van der Waals surface area contributed by atoms with Crippen LogP contribution in [0.5, 0.6) is 0 Å². The van der Waals surface area contributed by atoms with Crippen molar-refractivity contribution in [1.29, 1.82) is 0 Å². The van der Waals surface area contributed by atoms with Crippen LogP contribution in [0, 0.1) is 29.1 Å². The molecule has 2 saturated carbocycles. The maximum atomic E-state index is 2.60. The van der Waals surface area contributed by atoms with Crippen LogP contribution in [0.3, 0.4) is 0 Å². The first kappa shape index (κ1) is 13.4. The van der Waals surface area contributed by atoms with Gasteiger partial charge in [0.15, 0.2) is 0 Å². The molecule has 2 rings (SSSR count). The molecular weight excluding hydrogens is 204 g/mol. The van der Waals surface area contributed by atoms with E-state index in [2.05, 4.69) is 27.7 Å². The molecular formula is C17H32. The van der Waals surface area contributed by atoms with Crippen molar-refractivity contribution in [3.8, 4) is 0 Å². The van der Waals surface area contributed by atoms with Crippen molar-refractivity contribution < 1.29 is 0 Å². The first-order valence-electron chi connectivity index (χ1n) is 8.11. The zero-order valence-electron chi connectivity index (χ0n) is 12.5. The Balaban J connectivity index is 2.11. The molecule has 0 N–H and O–H groups in total. The van der Waals surface area contributed by atoms with Crippen LogP contribution in [0.2, 0.25) is 0 Å². The molecule has 0 radical (unpaired) electrons. The second-order valence-corrected chi connectivity index (χ2v) is 7.23. The van der Waals surface area contributed by atoms with Crippen LogP contribution in [-0.2, 0) is 0 Å². The van der Waals surface area contributed by atoms with Gasteiger partial charge in [-0.25, -0.2) is 0 Å². The highest BCUT2D eigenvalue weighted by Crippen LogP contribution is 2.55. The first-order chi connectivity index (χ1) is 8.11. The van der Waals surface area contributed by atoms with Crippen molar-refractivity contribution >= 4 is 0 Å². The minimum absolute atomic E-state index is 0.606. The number of hydrogen-bond acceptors (Lipinski definition) is 0. The van der Waals surface area contributed by atoms with E-state index in [4.69, 9.17) is 0 Å². The van der Waals surface area contributed by atoms with Crippen molar-refractivity contribution in [2.75, 3.05) is 0 Å². The van der Waals surface area contributed by atoms with Crippen molar-refractivity contribution in [3.05, 3.63) is 0 Å². The van der Waals surface area contributed by atoms with Gasteiger partial charge in [0.1, 0.15) is 0 Å². The van der Waals surface area contributed by atoms with Gasteiger partial charge in [-0.3, -0.25) is 0 Å². The molecule has 0 amide bonds. The van der Waals surface area contributed by atoms with Crippen molar-refractivity contribution in [1.82, 2.24) is 0 Å². The molecule has 2 aliphatic carbocycles. The lowest BCUT2D eigenvalue weighted by molar-refractivity contribution is 0.0567. The van der Waals surface area contributed by atoms with Crippen LogP contribution in [-0.4, -0.2) is 0 Å². The molecule has 17 heavy (non-hydrogen) atoms. The van der Waals surface area contributed by atoms with Gasteiger partial charge in [0.2, 0.25) is 0 Å². The van der Waals surface area contributed by atoms with Crippen molar-refractivity contribution in [2.45, 2.75) is 79.1 Å². The molecule has 0 saturated heterocycles. The standard InChI is InChI=1S/C17H32/c1-5-13-9-7-11-15(13)17(3,4)16-12-8-10-14(16)6-2/h13-16H,5-12H2,1-4H3/t13-,14-,15-,16+/m1/s1. The van der Waals surface area contributed by atoms with Crippen LogP contribution in [0.25, 0.3) is 0 Å². The summed E-state index contributed by atoms with van der Waals surface area (Å²) in [6, 6.07) is 0. The van der Waals surface area contributed by atoms with E-state index >= 15 is 0 Å². The van der Waals surface area contributed by atoms with Crippen LogP contribution in [0.4, 0.5) is 0 Å². The Morgan fingerprint density at radius 2 is 1.18 bits per heavy atom. The Kier molecular flexibility index (Phi) is 4.21. The predicted octanol–water partition coefficient (Wildman–Crippen LogP) is 5.67. The summed E-state index contributed by atoms with van der Waals surface area (Å²) in [4.78, 5) is 0. The zero-order chi connectivity index (χ0) is 12.5. The fourth-order valence-electron chi connectivity index (χ4n) is 5.28. The lowest BCUT2D eigenvalue weighted by atomic mass is 9.62. The normalized spacial score (nSPS) is 38.8. The van der Waals surface area contributed by atoms with Gasteiger partial charge >= 0.3 is 0 Å². The smallest absolute Gasteiger partial charge is 0.0292 e. The lowest BCUT2D eigenvalue weighted by Gasteiger charge is -2.43. The largest absolute Gasteiger partial charge is 0.0651 e. The minimum Gasteiger partial charge on any atom is -0.0651 e. The highest BCUT2D eigenvalue weighted by Gasteiger charge is 2.46. The van der Waals surface area contributed by atoms with Gasteiger partial charge in [-0.2, -0.15) is 0 Å². The van der Waals surface area contributed by atoms with Crippen LogP contribution in [0.15, 0.2) is 0 Å². The molecule has 0 heterocycles. The summed E-state index contributed by atoms with van der Waals surface area (Å²) in [6.07, 6.45) is 11.9. The monoisotopic (exact) mass is 236 g/mol. The third kappa shape index (κ3) is 2.42. The average molecular weight is 236 g/mol. The Labute approximate surface area is 109 Å². The summed E-state index contributed by atoms with van der Waals surface area (Å²) in [5.41, 5.74) is 0.606. The highest BCUT2D eigenvalue weighted by molar-refractivity contribution is 4.95. The van der Waals surface area contributed by atoms with Gasteiger partial charge in [-0.05, 0) is 41.9 Å². The molecule has 0 aromatic rings. The number of rotatable bonds is 4. The fraction of sp³-hybridized carbons (Fsp3) is 1.00. The van der Waals surface area contributed by atoms with E-state index in [0.717, 1.165) is 23.7 Å². The molecule has 0 heteroatoms. The fourth-order valence-corrected chi connectivity index (χ4v) is 5.28. The molecule has 2 aliphatic rings. The quantitative estimate of drug-likeness (QED) is 0.590. The summed E-state index contributed by atoms with van der Waals surface area (Å²) in [5.74, 6) is 4.10. The Morgan fingerprint density at radius 1 is 0.765 bits per heavy atom. The van der Waals surface area contributed by atoms with E-state index in [-0.39, 0.29) is 0 Å². The van der Waals surface area contributed by atoms with E-state index in [1.807, 2.05) is 0 Å². The zero-order valence-corrected chi connectivity index (χ0v) is 12.5. The Morgan fingerprint density at radius 3 is 1.53 bits per heavy atom. The van der Waals surface area contributed by atoms with Crippen LogP contribution < -0.4 is 0 Å². The molecule has 0 aliphatic heterocycles. The van der Waals surface area contributed by atoms with Gasteiger partial charge in [0, 0.05) is 0 Å². The summed E-state index contributed by atoms with van der Waals surface area (Å²) >= 11 is 0. The molecule has 0 aromatic carbocycles. The molecule has 0 spiro atoms. The van der Waals surface area contributed by atoms with Crippen molar-refractivity contribution in [3.63, 3.8) is 0 Å². The second kappa shape index (κ2) is 5.33. The minimum atomic E-state index is 0.606. The van der Waals surface area contributed by atoms with Gasteiger partial charge in [0.25, 0.3) is 0 Å².